The first-order valence-corrected chi connectivity index (χ1v) is 6.36. The van der Waals surface area contributed by atoms with Crippen molar-refractivity contribution in [2.24, 2.45) is 5.73 Å². The molecular weight excluding hydrogens is 294 g/mol. The van der Waals surface area contributed by atoms with Crippen LogP contribution in [-0.4, -0.2) is 31.0 Å². The molecule has 4 N–H and O–H groups in total. The van der Waals surface area contributed by atoms with E-state index in [0.717, 1.165) is 0 Å². The predicted molar refractivity (Wildman–Crippen MR) is 84.8 cm³/mol. The molecule has 0 aliphatic carbocycles. The van der Waals surface area contributed by atoms with Gasteiger partial charge in [0.25, 0.3) is 0 Å². The summed E-state index contributed by atoms with van der Waals surface area (Å²) in [5, 5.41) is 5.23. The Morgan fingerprint density at radius 2 is 1.81 bits per heavy atom. The first-order valence-electron chi connectivity index (χ1n) is 6.36. The van der Waals surface area contributed by atoms with Gasteiger partial charge in [0, 0.05) is 12.7 Å². The van der Waals surface area contributed by atoms with Gasteiger partial charge in [-0.1, -0.05) is 0 Å². The Kier molecular flexibility index (Phi) is 7.76. The molecule has 0 radical (unpaired) electrons. The third-order valence-electron chi connectivity index (χ3n) is 2.57. The highest BCUT2D eigenvalue weighted by atomic mass is 35.5. The van der Waals surface area contributed by atoms with Crippen LogP contribution in [0.4, 0.5) is 5.69 Å². The van der Waals surface area contributed by atoms with E-state index in [1.165, 1.54) is 0 Å². The minimum absolute atomic E-state index is 0. The van der Waals surface area contributed by atoms with Gasteiger partial charge in [-0.05, 0) is 38.1 Å². The molecule has 1 aromatic rings. The van der Waals surface area contributed by atoms with Crippen LogP contribution in [0, 0.1) is 0 Å². The van der Waals surface area contributed by atoms with E-state index < -0.39 is 5.54 Å². The number of rotatable bonds is 6. The van der Waals surface area contributed by atoms with Gasteiger partial charge in [0.15, 0.2) is 0 Å². The first-order chi connectivity index (χ1) is 9.32. The average molecular weight is 316 g/mol. The van der Waals surface area contributed by atoms with Gasteiger partial charge in [0.1, 0.15) is 5.75 Å². The SMILES string of the molecule is CNC(=O)CCOc1ccc(NC(=O)C(C)(C)N)cc1.Cl. The van der Waals surface area contributed by atoms with Gasteiger partial charge < -0.3 is 21.1 Å². The van der Waals surface area contributed by atoms with Gasteiger partial charge in [-0.15, -0.1) is 12.4 Å². The van der Waals surface area contributed by atoms with Gasteiger partial charge in [0.05, 0.1) is 18.6 Å². The number of halogens is 1. The molecule has 0 aromatic heterocycles. The normalized spacial score (nSPS) is 10.3. The van der Waals surface area contributed by atoms with E-state index in [2.05, 4.69) is 10.6 Å². The smallest absolute Gasteiger partial charge is 0.243 e. The van der Waals surface area contributed by atoms with Crippen molar-refractivity contribution in [3.8, 4) is 5.75 Å². The maximum atomic E-state index is 11.7. The molecule has 2 amide bonds. The van der Waals surface area contributed by atoms with Crippen molar-refractivity contribution in [3.05, 3.63) is 24.3 Å². The number of carbonyl (C=O) groups is 2. The second kappa shape index (κ2) is 8.49. The van der Waals surface area contributed by atoms with E-state index >= 15 is 0 Å². The molecule has 7 heteroatoms. The van der Waals surface area contributed by atoms with Crippen molar-refractivity contribution >= 4 is 29.9 Å². The topological polar surface area (TPSA) is 93.5 Å². The van der Waals surface area contributed by atoms with Crippen LogP contribution in [0.25, 0.3) is 0 Å². The van der Waals surface area contributed by atoms with Gasteiger partial charge >= 0.3 is 0 Å². The minimum Gasteiger partial charge on any atom is -0.493 e. The molecule has 0 unspecified atom stereocenters. The first kappa shape index (κ1) is 19.2. The standard InChI is InChI=1S/C14H21N3O3.ClH/c1-14(2,15)13(19)17-10-4-6-11(7-5-10)20-9-8-12(18)16-3;/h4-7H,8-9,15H2,1-3H3,(H,16,18)(H,17,19);1H. The van der Waals surface area contributed by atoms with E-state index in [0.29, 0.717) is 24.5 Å². The van der Waals surface area contributed by atoms with E-state index in [4.69, 9.17) is 10.5 Å². The zero-order valence-electron chi connectivity index (χ0n) is 12.4. The van der Waals surface area contributed by atoms with Crippen LogP contribution in [0.15, 0.2) is 24.3 Å². The molecule has 0 atom stereocenters. The molecule has 0 bridgehead atoms. The number of hydrogen-bond acceptors (Lipinski definition) is 4. The van der Waals surface area contributed by atoms with E-state index in [1.807, 2.05) is 0 Å². The van der Waals surface area contributed by atoms with Crippen LogP contribution in [0.3, 0.4) is 0 Å². The lowest BCUT2D eigenvalue weighted by Gasteiger charge is -2.17. The van der Waals surface area contributed by atoms with Crippen LogP contribution < -0.4 is 21.1 Å². The molecule has 0 aliphatic heterocycles. The van der Waals surface area contributed by atoms with Crippen molar-refractivity contribution in [1.29, 1.82) is 0 Å². The molecule has 1 rings (SSSR count). The predicted octanol–water partition coefficient (Wildman–Crippen LogP) is 1.30. The van der Waals surface area contributed by atoms with Crippen LogP contribution >= 0.6 is 12.4 Å². The molecule has 0 saturated carbocycles. The lowest BCUT2D eigenvalue weighted by molar-refractivity contribution is -0.121. The van der Waals surface area contributed by atoms with Gasteiger partial charge in [-0.3, -0.25) is 9.59 Å². The van der Waals surface area contributed by atoms with Gasteiger partial charge in [-0.25, -0.2) is 0 Å². The van der Waals surface area contributed by atoms with E-state index in [1.54, 1.807) is 45.2 Å². The van der Waals surface area contributed by atoms with Crippen molar-refractivity contribution < 1.29 is 14.3 Å². The van der Waals surface area contributed by atoms with Crippen LogP contribution in [0.2, 0.25) is 0 Å². The molecule has 0 aliphatic rings. The second-order valence-electron chi connectivity index (χ2n) is 4.97. The van der Waals surface area contributed by atoms with Crippen molar-refractivity contribution in [2.45, 2.75) is 25.8 Å². The Morgan fingerprint density at radius 1 is 1.24 bits per heavy atom. The summed E-state index contributed by atoms with van der Waals surface area (Å²) >= 11 is 0. The van der Waals surface area contributed by atoms with Crippen molar-refractivity contribution in [3.63, 3.8) is 0 Å². The van der Waals surface area contributed by atoms with Crippen LogP contribution in [0.1, 0.15) is 20.3 Å². The van der Waals surface area contributed by atoms with Crippen LogP contribution in [0.5, 0.6) is 5.75 Å². The molecule has 6 nitrogen and oxygen atoms in total. The Morgan fingerprint density at radius 3 is 2.29 bits per heavy atom. The average Bonchev–Trinajstić information content (AvgIpc) is 2.39. The summed E-state index contributed by atoms with van der Waals surface area (Å²) < 4.78 is 5.41. The minimum atomic E-state index is -0.928. The maximum Gasteiger partial charge on any atom is 0.243 e. The number of amides is 2. The van der Waals surface area contributed by atoms with Gasteiger partial charge in [0.2, 0.25) is 11.8 Å². The molecule has 118 valence electrons. The lowest BCUT2D eigenvalue weighted by atomic mass is 10.1. The third kappa shape index (κ3) is 6.97. The van der Waals surface area contributed by atoms with Crippen LogP contribution in [-0.2, 0) is 9.59 Å². The summed E-state index contributed by atoms with van der Waals surface area (Å²) in [5.41, 5.74) is 5.41. The zero-order valence-corrected chi connectivity index (χ0v) is 13.3. The number of nitrogens with one attached hydrogen (secondary N) is 2. The number of hydrogen-bond donors (Lipinski definition) is 3. The van der Waals surface area contributed by atoms with Crippen molar-refractivity contribution in [2.75, 3.05) is 19.0 Å². The second-order valence-corrected chi connectivity index (χ2v) is 4.97. The molecule has 21 heavy (non-hydrogen) atoms. The molecule has 0 heterocycles. The fraction of sp³-hybridized carbons (Fsp3) is 0.429. The number of ether oxygens (including phenoxy) is 1. The summed E-state index contributed by atoms with van der Waals surface area (Å²) in [6.45, 7) is 3.58. The quantitative estimate of drug-likeness (QED) is 0.737. The molecule has 0 fully saturated rings. The number of carbonyl (C=O) groups excluding carboxylic acids is 2. The van der Waals surface area contributed by atoms with E-state index in [-0.39, 0.29) is 24.2 Å². The summed E-state index contributed by atoms with van der Waals surface area (Å²) in [6, 6.07) is 6.89. The Labute approximate surface area is 130 Å². The fourth-order valence-electron chi connectivity index (χ4n) is 1.31. The Hall–Kier alpha value is -1.79. The summed E-state index contributed by atoms with van der Waals surface area (Å²) in [6.07, 6.45) is 0.302. The zero-order chi connectivity index (χ0) is 15.2. The molecule has 0 spiro atoms. The highest BCUT2D eigenvalue weighted by molar-refractivity contribution is 5.97. The van der Waals surface area contributed by atoms with Crippen molar-refractivity contribution in [1.82, 2.24) is 5.32 Å². The fourth-order valence-corrected chi connectivity index (χ4v) is 1.31. The highest BCUT2D eigenvalue weighted by Gasteiger charge is 2.21. The highest BCUT2D eigenvalue weighted by Crippen LogP contribution is 2.16. The molecular formula is C14H22ClN3O3. The van der Waals surface area contributed by atoms with Gasteiger partial charge in [-0.2, -0.15) is 0 Å². The maximum absolute atomic E-state index is 11.7. The molecule has 0 saturated heterocycles. The summed E-state index contributed by atoms with van der Waals surface area (Å²) in [5.74, 6) is 0.309. The Bertz CT molecular complexity index is 469. The number of nitrogens with two attached hydrogens (primary N) is 1. The molecule has 1 aromatic carbocycles. The third-order valence-corrected chi connectivity index (χ3v) is 2.57. The Balaban J connectivity index is 0.00000400. The largest absolute Gasteiger partial charge is 0.493 e. The number of anilines is 1. The summed E-state index contributed by atoms with van der Waals surface area (Å²) in [7, 11) is 1.58. The monoisotopic (exact) mass is 315 g/mol. The van der Waals surface area contributed by atoms with E-state index in [9.17, 15) is 9.59 Å². The summed E-state index contributed by atoms with van der Waals surface area (Å²) in [4.78, 5) is 22.7. The lowest BCUT2D eigenvalue weighted by Crippen LogP contribution is -2.45. The number of benzene rings is 1.